The third-order valence-corrected chi connectivity index (χ3v) is 5.16. The SMILES string of the molecule is CCn1ncc2c(C(=O)NCc3cccc(F)c3)cc(-c3cccs3)nc21. The Balaban J connectivity index is 1.71. The standard InChI is InChI=1S/C20H17FN4OS/c1-2-25-19-16(12-23-25)15(10-17(24-19)18-7-4-8-27-18)20(26)22-11-13-5-3-6-14(21)9-13/h3-10,12H,2,11H2,1H3,(H,22,26). The van der Waals surface area contributed by atoms with E-state index in [0.717, 1.165) is 10.6 Å². The van der Waals surface area contributed by atoms with Gasteiger partial charge in [0.25, 0.3) is 5.91 Å². The summed E-state index contributed by atoms with van der Waals surface area (Å²) in [5, 5.41) is 9.88. The average molecular weight is 380 g/mol. The minimum Gasteiger partial charge on any atom is -0.348 e. The first-order valence-corrected chi connectivity index (χ1v) is 9.46. The van der Waals surface area contributed by atoms with Gasteiger partial charge in [-0.25, -0.2) is 14.1 Å². The van der Waals surface area contributed by atoms with E-state index >= 15 is 0 Å². The molecule has 3 aromatic heterocycles. The van der Waals surface area contributed by atoms with Crippen LogP contribution in [0, 0.1) is 5.82 Å². The lowest BCUT2D eigenvalue weighted by Crippen LogP contribution is -2.23. The number of amides is 1. The van der Waals surface area contributed by atoms with Crippen molar-refractivity contribution in [1.29, 1.82) is 0 Å². The lowest BCUT2D eigenvalue weighted by atomic mass is 10.1. The number of thiophene rings is 1. The van der Waals surface area contributed by atoms with E-state index in [9.17, 15) is 9.18 Å². The molecule has 0 saturated heterocycles. The van der Waals surface area contributed by atoms with Crippen LogP contribution in [0.15, 0.2) is 54.0 Å². The quantitative estimate of drug-likeness (QED) is 0.563. The van der Waals surface area contributed by atoms with Crippen molar-refractivity contribution in [1.82, 2.24) is 20.1 Å². The minimum absolute atomic E-state index is 0.236. The first kappa shape index (κ1) is 17.4. The third-order valence-electron chi connectivity index (χ3n) is 4.27. The van der Waals surface area contributed by atoms with Gasteiger partial charge in [0.1, 0.15) is 5.82 Å². The summed E-state index contributed by atoms with van der Waals surface area (Å²) in [6.45, 7) is 2.89. The molecule has 3 heterocycles. The third kappa shape index (κ3) is 3.46. The van der Waals surface area contributed by atoms with E-state index in [1.807, 2.05) is 24.4 Å². The average Bonchev–Trinajstić information content (AvgIpc) is 3.35. The number of fused-ring (bicyclic) bond motifs is 1. The van der Waals surface area contributed by atoms with Gasteiger partial charge in [-0.15, -0.1) is 11.3 Å². The molecule has 1 amide bonds. The van der Waals surface area contributed by atoms with E-state index in [0.29, 0.717) is 28.7 Å². The number of halogens is 1. The highest BCUT2D eigenvalue weighted by Gasteiger charge is 2.17. The number of carbonyl (C=O) groups excluding carboxylic acids is 1. The fraction of sp³-hybridized carbons (Fsp3) is 0.150. The highest BCUT2D eigenvalue weighted by atomic mass is 32.1. The van der Waals surface area contributed by atoms with Gasteiger partial charge in [0.15, 0.2) is 5.65 Å². The van der Waals surface area contributed by atoms with Gasteiger partial charge in [-0.2, -0.15) is 5.10 Å². The van der Waals surface area contributed by atoms with Crippen molar-refractivity contribution in [3.63, 3.8) is 0 Å². The Kier molecular flexibility index (Phi) is 4.68. The zero-order valence-corrected chi connectivity index (χ0v) is 15.5. The molecule has 27 heavy (non-hydrogen) atoms. The largest absolute Gasteiger partial charge is 0.348 e. The molecule has 0 aliphatic carbocycles. The van der Waals surface area contributed by atoms with Crippen molar-refractivity contribution in [2.75, 3.05) is 0 Å². The number of pyridine rings is 1. The lowest BCUT2D eigenvalue weighted by Gasteiger charge is -2.09. The second-order valence-electron chi connectivity index (χ2n) is 6.04. The number of carbonyl (C=O) groups is 1. The Morgan fingerprint density at radius 2 is 2.15 bits per heavy atom. The highest BCUT2D eigenvalue weighted by molar-refractivity contribution is 7.13. The molecule has 5 nitrogen and oxygen atoms in total. The molecule has 0 fully saturated rings. The Labute approximate surface area is 159 Å². The maximum Gasteiger partial charge on any atom is 0.252 e. The van der Waals surface area contributed by atoms with Gasteiger partial charge in [-0.1, -0.05) is 18.2 Å². The molecule has 1 aromatic carbocycles. The zero-order chi connectivity index (χ0) is 18.8. The Bertz CT molecular complexity index is 1100. The molecule has 0 aliphatic rings. The zero-order valence-electron chi connectivity index (χ0n) is 14.6. The van der Waals surface area contributed by atoms with E-state index in [4.69, 9.17) is 4.98 Å². The fourth-order valence-corrected chi connectivity index (χ4v) is 3.63. The minimum atomic E-state index is -0.322. The molecule has 0 spiro atoms. The van der Waals surface area contributed by atoms with Crippen LogP contribution in [0.3, 0.4) is 0 Å². The van der Waals surface area contributed by atoms with Crippen LogP contribution in [0.4, 0.5) is 4.39 Å². The van der Waals surface area contributed by atoms with Crippen LogP contribution >= 0.6 is 11.3 Å². The fourth-order valence-electron chi connectivity index (χ4n) is 2.94. The summed E-state index contributed by atoms with van der Waals surface area (Å²) in [4.78, 5) is 18.6. The van der Waals surface area contributed by atoms with E-state index in [2.05, 4.69) is 10.4 Å². The second kappa shape index (κ2) is 7.28. The predicted octanol–water partition coefficient (Wildman–Crippen LogP) is 4.25. The Morgan fingerprint density at radius 1 is 1.26 bits per heavy atom. The number of aromatic nitrogens is 3. The van der Waals surface area contributed by atoms with Crippen LogP contribution in [-0.4, -0.2) is 20.7 Å². The van der Waals surface area contributed by atoms with Crippen LogP contribution in [0.5, 0.6) is 0 Å². The summed E-state index contributed by atoms with van der Waals surface area (Å²) in [6, 6.07) is 11.9. The van der Waals surface area contributed by atoms with Crippen LogP contribution in [0.2, 0.25) is 0 Å². The van der Waals surface area contributed by atoms with E-state index < -0.39 is 0 Å². The van der Waals surface area contributed by atoms with Crippen molar-refractivity contribution in [2.24, 2.45) is 0 Å². The lowest BCUT2D eigenvalue weighted by molar-refractivity contribution is 0.0952. The summed E-state index contributed by atoms with van der Waals surface area (Å²) < 4.78 is 15.1. The van der Waals surface area contributed by atoms with Gasteiger partial charge in [0.2, 0.25) is 0 Å². The highest BCUT2D eigenvalue weighted by Crippen LogP contribution is 2.28. The number of hydrogen-bond acceptors (Lipinski definition) is 4. The van der Waals surface area contributed by atoms with Crippen LogP contribution < -0.4 is 5.32 Å². The topological polar surface area (TPSA) is 59.8 Å². The smallest absolute Gasteiger partial charge is 0.252 e. The van der Waals surface area contributed by atoms with Gasteiger partial charge in [0.05, 0.1) is 27.7 Å². The molecule has 1 N–H and O–H groups in total. The summed E-state index contributed by atoms with van der Waals surface area (Å²) >= 11 is 1.57. The maximum atomic E-state index is 13.3. The molecular weight excluding hydrogens is 363 g/mol. The molecule has 0 atom stereocenters. The monoisotopic (exact) mass is 380 g/mol. The molecule has 0 saturated carbocycles. The number of nitrogens with one attached hydrogen (secondary N) is 1. The normalized spacial score (nSPS) is 11.0. The summed E-state index contributed by atoms with van der Waals surface area (Å²) in [7, 11) is 0. The number of nitrogens with zero attached hydrogens (tertiary/aromatic N) is 3. The maximum absolute atomic E-state index is 13.3. The van der Waals surface area contributed by atoms with Gasteiger partial charge in [0, 0.05) is 13.1 Å². The van der Waals surface area contributed by atoms with Crippen LogP contribution in [-0.2, 0) is 13.1 Å². The number of rotatable bonds is 5. The molecule has 4 aromatic rings. The van der Waals surface area contributed by atoms with Gasteiger partial charge < -0.3 is 5.32 Å². The Morgan fingerprint density at radius 3 is 2.89 bits per heavy atom. The molecule has 7 heteroatoms. The van der Waals surface area contributed by atoms with Gasteiger partial charge in [-0.3, -0.25) is 4.79 Å². The molecule has 136 valence electrons. The predicted molar refractivity (Wildman–Crippen MR) is 104 cm³/mol. The van der Waals surface area contributed by atoms with Gasteiger partial charge >= 0.3 is 0 Å². The summed E-state index contributed by atoms with van der Waals surface area (Å²) in [5.74, 6) is -0.558. The van der Waals surface area contributed by atoms with Crippen LogP contribution in [0.25, 0.3) is 21.6 Å². The Hall–Kier alpha value is -3.06. The first-order chi connectivity index (χ1) is 13.2. The molecule has 0 bridgehead atoms. The van der Waals surface area contributed by atoms with E-state index in [1.165, 1.54) is 12.1 Å². The second-order valence-corrected chi connectivity index (χ2v) is 6.99. The van der Waals surface area contributed by atoms with E-state index in [-0.39, 0.29) is 18.3 Å². The number of hydrogen-bond donors (Lipinski definition) is 1. The van der Waals surface area contributed by atoms with E-state index in [1.54, 1.807) is 40.4 Å². The van der Waals surface area contributed by atoms with Crippen molar-refractivity contribution >= 4 is 28.3 Å². The van der Waals surface area contributed by atoms with Crippen LogP contribution in [0.1, 0.15) is 22.8 Å². The van der Waals surface area contributed by atoms with Gasteiger partial charge in [-0.05, 0) is 42.1 Å². The van der Waals surface area contributed by atoms with Crippen molar-refractivity contribution < 1.29 is 9.18 Å². The first-order valence-electron chi connectivity index (χ1n) is 8.59. The number of benzene rings is 1. The number of aryl methyl sites for hydroxylation is 1. The molecule has 0 aliphatic heterocycles. The molecular formula is C20H17FN4OS. The molecule has 4 rings (SSSR count). The summed E-state index contributed by atoms with van der Waals surface area (Å²) in [6.07, 6.45) is 1.67. The van der Waals surface area contributed by atoms with Crippen molar-refractivity contribution in [2.45, 2.75) is 20.0 Å². The van der Waals surface area contributed by atoms with Crippen molar-refractivity contribution in [3.8, 4) is 10.6 Å². The van der Waals surface area contributed by atoms with Crippen molar-refractivity contribution in [3.05, 3.63) is 71.0 Å². The molecule has 0 radical (unpaired) electrons. The molecule has 0 unspecified atom stereocenters. The summed E-state index contributed by atoms with van der Waals surface area (Å²) in [5.41, 5.74) is 2.64.